The minimum atomic E-state index is 0.175. The quantitative estimate of drug-likeness (QED) is 0.828. The number of nitrogens with zero attached hydrogens (tertiary/aromatic N) is 2. The average Bonchev–Trinajstić information content (AvgIpc) is 2.74. The number of hydrogen-bond donors (Lipinski definition) is 2. The lowest BCUT2D eigenvalue weighted by Crippen LogP contribution is -2.28. The van der Waals surface area contributed by atoms with E-state index in [0.29, 0.717) is 0 Å². The van der Waals surface area contributed by atoms with Gasteiger partial charge >= 0.3 is 0 Å². The Bertz CT molecular complexity index is 440. The molecule has 2 rings (SSSR count). The van der Waals surface area contributed by atoms with Gasteiger partial charge in [-0.15, -0.1) is 11.3 Å². The molecule has 0 aliphatic carbocycles. The largest absolute Gasteiger partial charge is 0.368 e. The van der Waals surface area contributed by atoms with Crippen molar-refractivity contribution in [2.75, 3.05) is 11.9 Å². The van der Waals surface area contributed by atoms with Gasteiger partial charge in [0.25, 0.3) is 0 Å². The SMILES string of the molecule is CCC(N)CNc1ncnc2sccc12. The van der Waals surface area contributed by atoms with E-state index in [0.717, 1.165) is 29.0 Å². The van der Waals surface area contributed by atoms with Crippen molar-refractivity contribution in [3.05, 3.63) is 17.8 Å². The number of fused-ring (bicyclic) bond motifs is 1. The maximum atomic E-state index is 5.84. The molecule has 0 radical (unpaired) electrons. The molecule has 80 valence electrons. The standard InChI is InChI=1S/C10H14N4S/c1-2-7(11)5-12-9-8-3-4-15-10(8)14-6-13-9/h3-4,6-7H,2,5,11H2,1H3,(H,12,13,14). The summed E-state index contributed by atoms with van der Waals surface area (Å²) in [6.45, 7) is 2.82. The van der Waals surface area contributed by atoms with Crippen molar-refractivity contribution in [2.45, 2.75) is 19.4 Å². The first kappa shape index (κ1) is 10.3. The normalized spacial score (nSPS) is 12.9. The second-order valence-corrected chi connectivity index (χ2v) is 4.31. The molecule has 2 aromatic heterocycles. The zero-order valence-electron chi connectivity index (χ0n) is 8.60. The van der Waals surface area contributed by atoms with Crippen LogP contribution in [0.1, 0.15) is 13.3 Å². The van der Waals surface area contributed by atoms with Crippen molar-refractivity contribution in [3.63, 3.8) is 0 Å². The van der Waals surface area contributed by atoms with E-state index in [2.05, 4.69) is 22.2 Å². The highest BCUT2D eigenvalue weighted by molar-refractivity contribution is 7.16. The first-order chi connectivity index (χ1) is 7.31. The van der Waals surface area contributed by atoms with E-state index < -0.39 is 0 Å². The molecule has 1 unspecified atom stereocenters. The monoisotopic (exact) mass is 222 g/mol. The van der Waals surface area contributed by atoms with Gasteiger partial charge in [-0.1, -0.05) is 6.92 Å². The molecule has 4 nitrogen and oxygen atoms in total. The van der Waals surface area contributed by atoms with Crippen LogP contribution in [0.15, 0.2) is 17.8 Å². The molecule has 0 aromatic carbocycles. The third kappa shape index (κ3) is 2.24. The van der Waals surface area contributed by atoms with Gasteiger partial charge in [0, 0.05) is 12.6 Å². The molecule has 0 fully saturated rings. The topological polar surface area (TPSA) is 63.8 Å². The van der Waals surface area contributed by atoms with Crippen molar-refractivity contribution in [1.82, 2.24) is 9.97 Å². The van der Waals surface area contributed by atoms with E-state index >= 15 is 0 Å². The predicted octanol–water partition coefficient (Wildman–Crippen LogP) is 1.84. The van der Waals surface area contributed by atoms with Gasteiger partial charge < -0.3 is 11.1 Å². The van der Waals surface area contributed by atoms with Crippen molar-refractivity contribution in [2.24, 2.45) is 5.73 Å². The molecule has 0 saturated carbocycles. The third-order valence-corrected chi connectivity index (χ3v) is 3.14. The molecule has 1 atom stereocenters. The van der Waals surface area contributed by atoms with E-state index in [4.69, 9.17) is 5.73 Å². The Morgan fingerprint density at radius 1 is 1.53 bits per heavy atom. The first-order valence-electron chi connectivity index (χ1n) is 4.99. The highest BCUT2D eigenvalue weighted by Crippen LogP contribution is 2.23. The summed E-state index contributed by atoms with van der Waals surface area (Å²) in [6, 6.07) is 2.20. The lowest BCUT2D eigenvalue weighted by atomic mass is 10.2. The number of aromatic nitrogens is 2. The minimum absolute atomic E-state index is 0.175. The molecular weight excluding hydrogens is 208 g/mol. The summed E-state index contributed by atoms with van der Waals surface area (Å²) in [5.74, 6) is 0.880. The summed E-state index contributed by atoms with van der Waals surface area (Å²) < 4.78 is 0. The van der Waals surface area contributed by atoms with Gasteiger partial charge in [0.05, 0.1) is 5.39 Å². The van der Waals surface area contributed by atoms with Crippen molar-refractivity contribution < 1.29 is 0 Å². The Labute approximate surface area is 92.5 Å². The van der Waals surface area contributed by atoms with Gasteiger partial charge in [0.2, 0.25) is 0 Å². The van der Waals surface area contributed by atoms with Gasteiger partial charge in [-0.3, -0.25) is 0 Å². The predicted molar refractivity (Wildman–Crippen MR) is 64.2 cm³/mol. The van der Waals surface area contributed by atoms with Gasteiger partial charge in [0.1, 0.15) is 17.0 Å². The highest BCUT2D eigenvalue weighted by Gasteiger charge is 2.05. The molecule has 2 heterocycles. The molecule has 0 aliphatic heterocycles. The van der Waals surface area contributed by atoms with Gasteiger partial charge in [-0.05, 0) is 17.9 Å². The third-order valence-electron chi connectivity index (χ3n) is 2.32. The number of rotatable bonds is 4. The fourth-order valence-electron chi connectivity index (χ4n) is 1.30. The molecule has 0 spiro atoms. The molecule has 0 saturated heterocycles. The first-order valence-corrected chi connectivity index (χ1v) is 5.87. The second kappa shape index (κ2) is 4.55. The van der Waals surface area contributed by atoms with Crippen LogP contribution < -0.4 is 11.1 Å². The molecule has 0 bridgehead atoms. The second-order valence-electron chi connectivity index (χ2n) is 3.41. The van der Waals surface area contributed by atoms with Crippen LogP contribution in [0, 0.1) is 0 Å². The van der Waals surface area contributed by atoms with Crippen LogP contribution in [0.3, 0.4) is 0 Å². The Balaban J connectivity index is 2.17. The van der Waals surface area contributed by atoms with E-state index in [9.17, 15) is 0 Å². The molecule has 15 heavy (non-hydrogen) atoms. The van der Waals surface area contributed by atoms with Crippen LogP contribution >= 0.6 is 11.3 Å². The van der Waals surface area contributed by atoms with Crippen molar-refractivity contribution >= 4 is 27.4 Å². The van der Waals surface area contributed by atoms with E-state index in [1.165, 1.54) is 0 Å². The lowest BCUT2D eigenvalue weighted by Gasteiger charge is -2.10. The summed E-state index contributed by atoms with van der Waals surface area (Å²) in [7, 11) is 0. The van der Waals surface area contributed by atoms with Crippen molar-refractivity contribution in [1.29, 1.82) is 0 Å². The molecule has 2 aromatic rings. The summed E-state index contributed by atoms with van der Waals surface area (Å²) >= 11 is 1.62. The zero-order valence-corrected chi connectivity index (χ0v) is 9.42. The number of nitrogens with two attached hydrogens (primary N) is 1. The maximum Gasteiger partial charge on any atom is 0.138 e. The van der Waals surface area contributed by atoms with Crippen LogP contribution in [0.2, 0.25) is 0 Å². The Morgan fingerprint density at radius 2 is 2.40 bits per heavy atom. The van der Waals surface area contributed by atoms with Gasteiger partial charge in [-0.2, -0.15) is 0 Å². The highest BCUT2D eigenvalue weighted by atomic mass is 32.1. The number of anilines is 1. The number of thiophene rings is 1. The summed E-state index contributed by atoms with van der Waals surface area (Å²) in [6.07, 6.45) is 2.55. The Hall–Kier alpha value is -1.20. The number of nitrogens with one attached hydrogen (secondary N) is 1. The van der Waals surface area contributed by atoms with Crippen LogP contribution in [0.5, 0.6) is 0 Å². The molecular formula is C10H14N4S. The Kier molecular flexibility index (Phi) is 3.13. The fourth-order valence-corrected chi connectivity index (χ4v) is 2.04. The zero-order chi connectivity index (χ0) is 10.7. The van der Waals surface area contributed by atoms with Gasteiger partial charge in [0.15, 0.2) is 0 Å². The summed E-state index contributed by atoms with van der Waals surface area (Å²) in [5.41, 5.74) is 5.84. The van der Waals surface area contributed by atoms with Gasteiger partial charge in [-0.25, -0.2) is 9.97 Å². The van der Waals surface area contributed by atoms with E-state index in [1.807, 2.05) is 11.4 Å². The minimum Gasteiger partial charge on any atom is -0.368 e. The van der Waals surface area contributed by atoms with E-state index in [-0.39, 0.29) is 6.04 Å². The van der Waals surface area contributed by atoms with Crippen molar-refractivity contribution in [3.8, 4) is 0 Å². The van der Waals surface area contributed by atoms with Crippen LogP contribution in [-0.4, -0.2) is 22.6 Å². The molecule has 0 amide bonds. The van der Waals surface area contributed by atoms with Crippen LogP contribution in [-0.2, 0) is 0 Å². The maximum absolute atomic E-state index is 5.84. The van der Waals surface area contributed by atoms with Crippen LogP contribution in [0.4, 0.5) is 5.82 Å². The Morgan fingerprint density at radius 3 is 3.20 bits per heavy atom. The molecule has 3 N–H and O–H groups in total. The summed E-state index contributed by atoms with van der Waals surface area (Å²) in [4.78, 5) is 9.41. The molecule has 0 aliphatic rings. The fraction of sp³-hybridized carbons (Fsp3) is 0.400. The lowest BCUT2D eigenvalue weighted by molar-refractivity contribution is 0.678. The summed E-state index contributed by atoms with van der Waals surface area (Å²) in [5, 5.41) is 6.35. The average molecular weight is 222 g/mol. The smallest absolute Gasteiger partial charge is 0.138 e. The van der Waals surface area contributed by atoms with E-state index in [1.54, 1.807) is 17.7 Å². The number of hydrogen-bond acceptors (Lipinski definition) is 5. The molecule has 5 heteroatoms. The van der Waals surface area contributed by atoms with Crippen LogP contribution in [0.25, 0.3) is 10.2 Å².